The molecule has 6 rings (SSSR count). The number of hydrogen-bond donors (Lipinski definition) is 0. The maximum atomic E-state index is 13.4. The van der Waals surface area contributed by atoms with Crippen LogP contribution in [0.4, 0.5) is 10.1 Å². The van der Waals surface area contributed by atoms with E-state index in [0.29, 0.717) is 11.5 Å². The van der Waals surface area contributed by atoms with E-state index in [-0.39, 0.29) is 5.82 Å². The van der Waals surface area contributed by atoms with E-state index < -0.39 is 0 Å². The van der Waals surface area contributed by atoms with Gasteiger partial charge in [-0.3, -0.25) is 0 Å². The lowest BCUT2D eigenvalue weighted by Crippen LogP contribution is -2.34. The van der Waals surface area contributed by atoms with Crippen molar-refractivity contribution in [1.29, 1.82) is 0 Å². The van der Waals surface area contributed by atoms with Crippen molar-refractivity contribution < 1.29 is 8.91 Å². The molecule has 0 unspecified atom stereocenters. The summed E-state index contributed by atoms with van der Waals surface area (Å²) in [7, 11) is 0. The number of likely N-dealkylation sites (tertiary alicyclic amines) is 1. The molecule has 0 radical (unpaired) electrons. The zero-order valence-corrected chi connectivity index (χ0v) is 19.5. The number of rotatable bonds is 6. The quantitative estimate of drug-likeness (QED) is 0.443. The molecule has 1 fully saturated rings. The second-order valence-corrected chi connectivity index (χ2v) is 10.2. The Morgan fingerprint density at radius 2 is 1.70 bits per heavy atom. The number of halogens is 1. The fourth-order valence-corrected chi connectivity index (χ4v) is 6.34. The third-order valence-corrected chi connectivity index (χ3v) is 8.02. The summed E-state index contributed by atoms with van der Waals surface area (Å²) >= 11 is 0. The lowest BCUT2D eigenvalue weighted by atomic mass is 9.89. The lowest BCUT2D eigenvalue weighted by Gasteiger charge is -2.37. The minimum Gasteiger partial charge on any atom is -0.371 e. The van der Waals surface area contributed by atoms with E-state index in [0.717, 1.165) is 37.0 Å². The van der Waals surface area contributed by atoms with Gasteiger partial charge in [-0.2, -0.15) is 0 Å². The normalized spacial score (nSPS) is 19.2. The molecule has 0 N–H and O–H groups in total. The number of nitrogens with zero attached hydrogens (tertiary/aromatic N) is 3. The Kier molecular flexibility index (Phi) is 5.83. The second kappa shape index (κ2) is 9.09. The fraction of sp³-hybridized carbons (Fsp3) is 0.536. The highest BCUT2D eigenvalue weighted by atomic mass is 19.1. The number of fused-ring (bicyclic) bond motifs is 1. The van der Waals surface area contributed by atoms with Crippen LogP contribution in [-0.2, 0) is 19.3 Å². The van der Waals surface area contributed by atoms with Gasteiger partial charge in [0, 0.05) is 36.1 Å². The van der Waals surface area contributed by atoms with Crippen molar-refractivity contribution in [3.8, 4) is 0 Å². The number of hydrogen-bond acceptors (Lipinski definition) is 4. The van der Waals surface area contributed by atoms with Crippen LogP contribution in [0.5, 0.6) is 0 Å². The van der Waals surface area contributed by atoms with Crippen LogP contribution >= 0.6 is 0 Å². The molecule has 3 aliphatic heterocycles. The van der Waals surface area contributed by atoms with Gasteiger partial charge in [0.1, 0.15) is 5.82 Å². The number of aryl methyl sites for hydroxylation is 3. The fourth-order valence-electron chi connectivity index (χ4n) is 6.34. The lowest BCUT2D eigenvalue weighted by molar-refractivity contribution is 0.206. The van der Waals surface area contributed by atoms with Crippen molar-refractivity contribution in [3.05, 3.63) is 58.5 Å². The Morgan fingerprint density at radius 3 is 2.45 bits per heavy atom. The van der Waals surface area contributed by atoms with Crippen LogP contribution in [0.15, 0.2) is 34.9 Å². The monoisotopic (exact) mass is 447 g/mol. The highest BCUT2D eigenvalue weighted by molar-refractivity contribution is 5.79. The third kappa shape index (κ3) is 4.28. The molecule has 0 bridgehead atoms. The summed E-state index contributed by atoms with van der Waals surface area (Å²) in [5.74, 6) is 0.150. The highest BCUT2D eigenvalue weighted by Crippen LogP contribution is 2.36. The van der Waals surface area contributed by atoms with Crippen LogP contribution in [-0.4, -0.2) is 42.8 Å². The Bertz CT molecular complexity index is 1100. The molecule has 1 aromatic heterocycles. The van der Waals surface area contributed by atoms with Gasteiger partial charge in [-0.1, -0.05) is 17.3 Å². The van der Waals surface area contributed by atoms with Gasteiger partial charge in [-0.25, -0.2) is 4.39 Å². The molecule has 4 nitrogen and oxygen atoms in total. The molecule has 1 saturated heterocycles. The zero-order valence-electron chi connectivity index (χ0n) is 19.5. The molecular weight excluding hydrogens is 413 g/mol. The van der Waals surface area contributed by atoms with Crippen molar-refractivity contribution >= 4 is 16.7 Å². The summed E-state index contributed by atoms with van der Waals surface area (Å²) in [4.78, 5) is 5.23. The molecule has 2 aromatic carbocycles. The van der Waals surface area contributed by atoms with Gasteiger partial charge in [0.05, 0.1) is 5.69 Å². The van der Waals surface area contributed by atoms with Crippen molar-refractivity contribution in [2.24, 2.45) is 0 Å². The Balaban J connectivity index is 0.994. The molecule has 0 atom stereocenters. The first-order valence-corrected chi connectivity index (χ1v) is 12.9. The van der Waals surface area contributed by atoms with Crippen molar-refractivity contribution in [1.82, 2.24) is 10.1 Å². The van der Waals surface area contributed by atoms with E-state index in [1.165, 1.54) is 76.7 Å². The molecule has 0 amide bonds. The van der Waals surface area contributed by atoms with Gasteiger partial charge in [-0.15, -0.1) is 0 Å². The van der Waals surface area contributed by atoms with Gasteiger partial charge < -0.3 is 14.3 Å². The topological polar surface area (TPSA) is 32.5 Å². The Hall–Kier alpha value is -2.40. The second-order valence-electron chi connectivity index (χ2n) is 10.2. The molecule has 33 heavy (non-hydrogen) atoms. The smallest absolute Gasteiger partial charge is 0.170 e. The molecule has 4 heterocycles. The number of anilines is 1. The minimum atomic E-state index is -0.267. The average Bonchev–Trinajstić information content (AvgIpc) is 3.26. The first-order chi connectivity index (χ1) is 16.2. The van der Waals surface area contributed by atoms with Crippen LogP contribution in [0.25, 0.3) is 11.0 Å². The van der Waals surface area contributed by atoms with E-state index in [4.69, 9.17) is 4.52 Å². The van der Waals surface area contributed by atoms with Gasteiger partial charge in [0.2, 0.25) is 0 Å². The van der Waals surface area contributed by atoms with E-state index in [1.807, 2.05) is 6.07 Å². The highest BCUT2D eigenvalue weighted by Gasteiger charge is 2.26. The number of piperidine rings is 1. The van der Waals surface area contributed by atoms with Crippen LogP contribution in [0.2, 0.25) is 0 Å². The van der Waals surface area contributed by atoms with Gasteiger partial charge >= 0.3 is 0 Å². The van der Waals surface area contributed by atoms with Crippen LogP contribution < -0.4 is 4.90 Å². The number of unbranched alkanes of at least 4 members (excludes halogenated alkanes) is 1. The maximum absolute atomic E-state index is 13.4. The Morgan fingerprint density at radius 1 is 0.939 bits per heavy atom. The molecule has 0 aliphatic carbocycles. The van der Waals surface area contributed by atoms with Crippen LogP contribution in [0.3, 0.4) is 0 Å². The SMILES string of the molecule is Fc1ccc2c(C3CCN(CCCCc4cc5c6c(c4)CCCN6CCC5)CC3)noc2c1. The van der Waals surface area contributed by atoms with Crippen molar-refractivity contribution in [2.45, 2.75) is 63.7 Å². The van der Waals surface area contributed by atoms with Crippen molar-refractivity contribution in [2.75, 3.05) is 37.6 Å². The van der Waals surface area contributed by atoms with Crippen molar-refractivity contribution in [3.63, 3.8) is 0 Å². The largest absolute Gasteiger partial charge is 0.371 e. The predicted octanol–water partition coefficient (Wildman–Crippen LogP) is 5.87. The maximum Gasteiger partial charge on any atom is 0.170 e. The van der Waals surface area contributed by atoms with Gasteiger partial charge in [-0.05, 0) is 106 Å². The summed E-state index contributed by atoms with van der Waals surface area (Å²) < 4.78 is 18.8. The van der Waals surface area contributed by atoms with E-state index in [1.54, 1.807) is 22.4 Å². The minimum absolute atomic E-state index is 0.267. The predicted molar refractivity (Wildman–Crippen MR) is 131 cm³/mol. The molecule has 0 spiro atoms. The van der Waals surface area contributed by atoms with Crippen LogP contribution in [0, 0.1) is 5.82 Å². The summed E-state index contributed by atoms with van der Waals surface area (Å²) in [6.07, 6.45) is 11.1. The third-order valence-electron chi connectivity index (χ3n) is 8.02. The van der Waals surface area contributed by atoms with Crippen LogP contribution in [0.1, 0.15) is 66.8 Å². The summed E-state index contributed by atoms with van der Waals surface area (Å²) in [6.45, 7) is 5.91. The summed E-state index contributed by atoms with van der Waals surface area (Å²) in [6, 6.07) is 9.78. The molecular formula is C28H34FN3O. The standard InChI is InChI=1S/C28H34FN3O/c29-24-8-9-25-26(19-24)33-30-27(25)21-10-15-31(16-11-21)12-2-1-5-20-17-22-6-3-13-32-14-4-7-23(18-20)28(22)32/h8-9,17-19,21H,1-7,10-16H2. The Labute approximate surface area is 195 Å². The van der Waals surface area contributed by atoms with Gasteiger partial charge in [0.25, 0.3) is 0 Å². The first kappa shape index (κ1) is 21.2. The summed E-state index contributed by atoms with van der Waals surface area (Å²) in [5, 5.41) is 5.26. The average molecular weight is 448 g/mol. The number of benzene rings is 2. The van der Waals surface area contributed by atoms with E-state index in [2.05, 4.69) is 27.1 Å². The van der Waals surface area contributed by atoms with E-state index in [9.17, 15) is 4.39 Å². The molecule has 3 aromatic rings. The first-order valence-electron chi connectivity index (χ1n) is 12.9. The molecule has 5 heteroatoms. The zero-order chi connectivity index (χ0) is 22.2. The number of aromatic nitrogens is 1. The van der Waals surface area contributed by atoms with Gasteiger partial charge in [0.15, 0.2) is 5.58 Å². The molecule has 0 saturated carbocycles. The van der Waals surface area contributed by atoms with E-state index >= 15 is 0 Å². The summed E-state index contributed by atoms with van der Waals surface area (Å²) in [5.41, 5.74) is 7.94. The molecule has 174 valence electrons. The molecule has 3 aliphatic rings.